The summed E-state index contributed by atoms with van der Waals surface area (Å²) in [5.74, 6) is 0.751. The Hall–Kier alpha value is -2.23. The van der Waals surface area contributed by atoms with Crippen LogP contribution in [-0.2, 0) is 20.9 Å². The highest BCUT2D eigenvalue weighted by atomic mass is 16.5. The molecule has 1 aliphatic rings. The summed E-state index contributed by atoms with van der Waals surface area (Å²) in [4.78, 5) is 11.2. The number of hydrogen-bond donors (Lipinski definition) is 0. The topological polar surface area (TPSA) is 44.8 Å². The number of hydrogen-bond acceptors (Lipinski definition) is 4. The van der Waals surface area contributed by atoms with Crippen LogP contribution in [0.3, 0.4) is 0 Å². The molecule has 0 unspecified atom stereocenters. The zero-order valence-electron chi connectivity index (χ0n) is 10.3. The van der Waals surface area contributed by atoms with Crippen LogP contribution in [0.15, 0.2) is 36.6 Å². The van der Waals surface area contributed by atoms with Crippen LogP contribution in [0.25, 0.3) is 5.76 Å². The second-order valence-corrected chi connectivity index (χ2v) is 3.76. The number of rotatable bonds is 2. The first-order valence-electron chi connectivity index (χ1n) is 5.55. The number of fused-ring (bicyclic) bond motifs is 1. The molecule has 1 aliphatic heterocycles. The van der Waals surface area contributed by atoms with Gasteiger partial charge < -0.3 is 14.2 Å². The van der Waals surface area contributed by atoms with Crippen molar-refractivity contribution < 1.29 is 19.0 Å². The Morgan fingerprint density at radius 3 is 2.94 bits per heavy atom. The first-order chi connectivity index (χ1) is 8.72. The molecule has 2 rings (SSSR count). The third-order valence-electron chi connectivity index (χ3n) is 2.49. The minimum absolute atomic E-state index is 0.368. The average molecular weight is 246 g/mol. The van der Waals surface area contributed by atoms with Gasteiger partial charge in [0.05, 0.1) is 18.9 Å². The molecule has 1 aromatic carbocycles. The van der Waals surface area contributed by atoms with Crippen molar-refractivity contribution in [1.82, 2.24) is 0 Å². The van der Waals surface area contributed by atoms with Crippen molar-refractivity contribution >= 4 is 11.7 Å². The van der Waals surface area contributed by atoms with Crippen molar-refractivity contribution in [2.75, 3.05) is 7.11 Å². The lowest BCUT2D eigenvalue weighted by Crippen LogP contribution is -2.05. The van der Waals surface area contributed by atoms with Gasteiger partial charge in [0, 0.05) is 12.5 Å². The maximum Gasteiger partial charge on any atom is 0.308 e. The van der Waals surface area contributed by atoms with E-state index in [0.29, 0.717) is 18.1 Å². The second-order valence-electron chi connectivity index (χ2n) is 3.76. The molecule has 0 bridgehead atoms. The van der Waals surface area contributed by atoms with E-state index >= 15 is 0 Å². The first-order valence-corrected chi connectivity index (χ1v) is 5.55. The van der Waals surface area contributed by atoms with Crippen molar-refractivity contribution in [3.63, 3.8) is 0 Å². The average Bonchev–Trinajstić information content (AvgIpc) is 2.33. The monoisotopic (exact) mass is 246 g/mol. The van der Waals surface area contributed by atoms with Gasteiger partial charge in [0.1, 0.15) is 18.1 Å². The van der Waals surface area contributed by atoms with Gasteiger partial charge in [-0.2, -0.15) is 0 Å². The van der Waals surface area contributed by atoms with Crippen LogP contribution in [-0.4, -0.2) is 13.1 Å². The van der Waals surface area contributed by atoms with Gasteiger partial charge in [-0.3, -0.25) is 4.79 Å². The molecule has 1 heterocycles. The fraction of sp³-hybridized carbons (Fsp3) is 0.214. The lowest BCUT2D eigenvalue weighted by Gasteiger charge is -2.17. The summed E-state index contributed by atoms with van der Waals surface area (Å²) in [6.45, 7) is 1.77. The van der Waals surface area contributed by atoms with E-state index in [-0.39, 0.29) is 5.97 Å². The summed E-state index contributed by atoms with van der Waals surface area (Å²) < 4.78 is 15.9. The maximum absolute atomic E-state index is 11.2. The molecular weight excluding hydrogens is 232 g/mol. The molecule has 18 heavy (non-hydrogen) atoms. The van der Waals surface area contributed by atoms with E-state index < -0.39 is 0 Å². The van der Waals surface area contributed by atoms with Crippen molar-refractivity contribution in [3.05, 3.63) is 47.7 Å². The van der Waals surface area contributed by atoms with Gasteiger partial charge in [-0.15, -0.1) is 0 Å². The number of carbonyl (C=O) groups is 1. The molecule has 0 saturated carbocycles. The number of benzene rings is 1. The molecule has 0 fully saturated rings. The maximum atomic E-state index is 11.2. The van der Waals surface area contributed by atoms with E-state index in [2.05, 4.69) is 0 Å². The van der Waals surface area contributed by atoms with Crippen LogP contribution in [0.2, 0.25) is 0 Å². The van der Waals surface area contributed by atoms with Crippen LogP contribution < -0.4 is 4.74 Å². The Morgan fingerprint density at radius 2 is 2.22 bits per heavy atom. The van der Waals surface area contributed by atoms with E-state index in [1.165, 1.54) is 6.92 Å². The minimum Gasteiger partial charge on any atom is -0.496 e. The minimum atomic E-state index is -0.368. The first kappa shape index (κ1) is 12.2. The molecule has 0 amide bonds. The predicted octanol–water partition coefficient (Wildman–Crippen LogP) is 2.64. The standard InChI is InChI=1S/C14H14O4/c1-10(15)18-13-7-4-8-17-9-11-5-3-6-12(16-2)14(11)13/h3-8H,9H2,1-2H3/b8-4-,13-7+. The molecule has 0 aromatic heterocycles. The normalized spacial score (nSPS) is 18.2. The van der Waals surface area contributed by atoms with E-state index in [4.69, 9.17) is 14.2 Å². The van der Waals surface area contributed by atoms with Crippen molar-refractivity contribution in [2.24, 2.45) is 0 Å². The number of allylic oxidation sites excluding steroid dienone is 2. The SMILES string of the molecule is COc1cccc2c1/C(OC(C)=O)=C\C=C/OC2. The van der Waals surface area contributed by atoms with Crippen LogP contribution >= 0.6 is 0 Å². The van der Waals surface area contributed by atoms with Gasteiger partial charge in [0.25, 0.3) is 0 Å². The number of methoxy groups -OCH3 is 1. The summed E-state index contributed by atoms with van der Waals surface area (Å²) in [5, 5.41) is 0. The van der Waals surface area contributed by atoms with Gasteiger partial charge in [-0.25, -0.2) is 0 Å². The van der Waals surface area contributed by atoms with Gasteiger partial charge in [-0.05, 0) is 18.2 Å². The predicted molar refractivity (Wildman–Crippen MR) is 66.7 cm³/mol. The van der Waals surface area contributed by atoms with Crippen molar-refractivity contribution in [3.8, 4) is 5.75 Å². The highest BCUT2D eigenvalue weighted by molar-refractivity contribution is 5.79. The summed E-state index contributed by atoms with van der Waals surface area (Å²) >= 11 is 0. The molecule has 0 atom stereocenters. The fourth-order valence-corrected chi connectivity index (χ4v) is 1.79. The van der Waals surface area contributed by atoms with E-state index in [9.17, 15) is 4.79 Å². The molecule has 0 saturated heterocycles. The Labute approximate surface area is 105 Å². The van der Waals surface area contributed by atoms with Crippen LogP contribution in [0.4, 0.5) is 0 Å². The zero-order chi connectivity index (χ0) is 13.0. The second kappa shape index (κ2) is 5.40. The third-order valence-corrected chi connectivity index (χ3v) is 2.49. The van der Waals surface area contributed by atoms with E-state index in [1.54, 1.807) is 25.5 Å². The van der Waals surface area contributed by atoms with E-state index in [0.717, 1.165) is 11.1 Å². The van der Waals surface area contributed by atoms with Gasteiger partial charge in [-0.1, -0.05) is 12.1 Å². The molecule has 0 spiro atoms. The van der Waals surface area contributed by atoms with Crippen LogP contribution in [0.5, 0.6) is 5.75 Å². The largest absolute Gasteiger partial charge is 0.496 e. The Bertz CT molecular complexity index is 515. The molecule has 0 radical (unpaired) electrons. The molecule has 4 nitrogen and oxygen atoms in total. The van der Waals surface area contributed by atoms with Crippen LogP contribution in [0.1, 0.15) is 18.1 Å². The van der Waals surface area contributed by atoms with Crippen molar-refractivity contribution in [1.29, 1.82) is 0 Å². The molecule has 0 aliphatic carbocycles. The highest BCUT2D eigenvalue weighted by Gasteiger charge is 2.17. The Balaban J connectivity index is 2.55. The third kappa shape index (κ3) is 2.53. The molecule has 94 valence electrons. The number of esters is 1. The summed E-state index contributed by atoms with van der Waals surface area (Å²) in [7, 11) is 1.58. The van der Waals surface area contributed by atoms with Gasteiger partial charge >= 0.3 is 5.97 Å². The Morgan fingerprint density at radius 1 is 1.39 bits per heavy atom. The highest BCUT2D eigenvalue weighted by Crippen LogP contribution is 2.32. The number of carbonyl (C=O) groups excluding carboxylic acids is 1. The molecule has 1 aromatic rings. The number of ether oxygens (including phenoxy) is 3. The van der Waals surface area contributed by atoms with Gasteiger partial charge in [0.15, 0.2) is 0 Å². The molecule has 0 N–H and O–H groups in total. The smallest absolute Gasteiger partial charge is 0.308 e. The zero-order valence-corrected chi connectivity index (χ0v) is 10.3. The lowest BCUT2D eigenvalue weighted by molar-refractivity contribution is -0.134. The van der Waals surface area contributed by atoms with Crippen molar-refractivity contribution in [2.45, 2.75) is 13.5 Å². The summed E-state index contributed by atoms with van der Waals surface area (Å²) in [5.41, 5.74) is 1.66. The van der Waals surface area contributed by atoms with Gasteiger partial charge in [0.2, 0.25) is 0 Å². The fourth-order valence-electron chi connectivity index (χ4n) is 1.79. The van der Waals surface area contributed by atoms with E-state index in [1.807, 2.05) is 18.2 Å². The lowest BCUT2D eigenvalue weighted by atomic mass is 10.0. The van der Waals surface area contributed by atoms with Crippen LogP contribution in [0, 0.1) is 0 Å². The Kier molecular flexibility index (Phi) is 3.67. The summed E-state index contributed by atoms with van der Waals surface area (Å²) in [6, 6.07) is 5.60. The molecule has 4 heteroatoms. The quantitative estimate of drug-likeness (QED) is 0.752. The summed E-state index contributed by atoms with van der Waals surface area (Å²) in [6.07, 6.45) is 4.93. The molecular formula is C14H14O4.